The number of hydrogen-bond acceptors (Lipinski definition) is 3. The van der Waals surface area contributed by atoms with E-state index in [1.807, 2.05) is 43.0 Å². The average Bonchev–Trinajstić information content (AvgIpc) is 3.14. The van der Waals surface area contributed by atoms with Gasteiger partial charge in [0.2, 0.25) is 0 Å². The average molecular weight is 353 g/mol. The molecule has 0 aliphatic heterocycles. The molecule has 0 unspecified atom stereocenters. The predicted octanol–water partition coefficient (Wildman–Crippen LogP) is 4.30. The van der Waals surface area contributed by atoms with Gasteiger partial charge < -0.3 is 0 Å². The number of thiophene rings is 1. The van der Waals surface area contributed by atoms with E-state index in [-0.39, 0.29) is 11.4 Å². The van der Waals surface area contributed by atoms with Gasteiger partial charge in [-0.05, 0) is 50.6 Å². The number of halogens is 1. The zero-order valence-electron chi connectivity index (χ0n) is 14.1. The van der Waals surface area contributed by atoms with Crippen LogP contribution in [0.4, 0.5) is 4.39 Å². The summed E-state index contributed by atoms with van der Waals surface area (Å²) in [5, 5.41) is 2.47. The molecule has 1 aromatic carbocycles. The van der Waals surface area contributed by atoms with Gasteiger partial charge in [0.25, 0.3) is 5.56 Å². The number of aromatic nitrogens is 3. The predicted molar refractivity (Wildman–Crippen MR) is 98.7 cm³/mol. The van der Waals surface area contributed by atoms with Crippen molar-refractivity contribution >= 4 is 21.6 Å². The highest BCUT2D eigenvalue weighted by Gasteiger charge is 2.17. The first-order valence-electron chi connectivity index (χ1n) is 7.90. The summed E-state index contributed by atoms with van der Waals surface area (Å²) >= 11 is 1.43. The Morgan fingerprint density at radius 3 is 2.24 bits per heavy atom. The van der Waals surface area contributed by atoms with Gasteiger partial charge in [-0.1, -0.05) is 12.1 Å². The Kier molecular flexibility index (Phi) is 3.58. The van der Waals surface area contributed by atoms with Crippen molar-refractivity contribution in [2.45, 2.75) is 20.8 Å². The highest BCUT2D eigenvalue weighted by Crippen LogP contribution is 2.31. The second-order valence-corrected chi connectivity index (χ2v) is 6.90. The molecule has 0 amide bonds. The molecule has 0 N–H and O–H groups in total. The number of hydrogen-bond donors (Lipinski definition) is 0. The van der Waals surface area contributed by atoms with Crippen molar-refractivity contribution in [1.29, 1.82) is 0 Å². The van der Waals surface area contributed by atoms with Crippen LogP contribution in [0, 0.1) is 26.6 Å². The number of fused-ring (bicyclic) bond motifs is 1. The fourth-order valence-corrected chi connectivity index (χ4v) is 4.12. The first-order chi connectivity index (χ1) is 12.0. The molecule has 0 aliphatic rings. The quantitative estimate of drug-likeness (QED) is 0.539. The Bertz CT molecular complexity index is 1130. The van der Waals surface area contributed by atoms with Crippen molar-refractivity contribution in [1.82, 2.24) is 14.3 Å². The van der Waals surface area contributed by atoms with Crippen molar-refractivity contribution < 1.29 is 4.39 Å². The van der Waals surface area contributed by atoms with Crippen LogP contribution < -0.4 is 5.56 Å². The largest absolute Gasteiger partial charge is 0.282 e. The first-order valence-corrected chi connectivity index (χ1v) is 8.77. The maximum atomic E-state index is 13.3. The van der Waals surface area contributed by atoms with Crippen LogP contribution in [0.2, 0.25) is 0 Å². The molecule has 0 saturated carbocycles. The minimum Gasteiger partial charge on any atom is -0.267 e. The van der Waals surface area contributed by atoms with Crippen LogP contribution in [0.25, 0.3) is 21.3 Å². The molecule has 6 heteroatoms. The molecule has 0 fully saturated rings. The van der Waals surface area contributed by atoms with Gasteiger partial charge in [0.1, 0.15) is 16.5 Å². The molecule has 0 radical (unpaired) electrons. The number of nitrogens with zero attached hydrogens (tertiary/aromatic N) is 3. The van der Waals surface area contributed by atoms with Gasteiger partial charge in [-0.25, -0.2) is 9.37 Å². The lowest BCUT2D eigenvalue weighted by Gasteiger charge is -2.15. The molecule has 25 heavy (non-hydrogen) atoms. The fourth-order valence-electron chi connectivity index (χ4n) is 3.14. The van der Waals surface area contributed by atoms with Gasteiger partial charge >= 0.3 is 0 Å². The van der Waals surface area contributed by atoms with Crippen LogP contribution in [-0.2, 0) is 0 Å². The molecule has 4 aromatic rings. The maximum absolute atomic E-state index is 13.3. The zero-order chi connectivity index (χ0) is 17.7. The minimum absolute atomic E-state index is 0.120. The maximum Gasteiger partial charge on any atom is 0.282 e. The molecule has 4 rings (SSSR count). The Balaban J connectivity index is 2.06. The Morgan fingerprint density at radius 2 is 1.60 bits per heavy atom. The normalized spacial score (nSPS) is 11.4. The summed E-state index contributed by atoms with van der Waals surface area (Å²) in [4.78, 5) is 18.6. The summed E-state index contributed by atoms with van der Waals surface area (Å²) < 4.78 is 16.7. The van der Waals surface area contributed by atoms with Crippen molar-refractivity contribution in [3.8, 4) is 11.1 Å². The Hall–Kier alpha value is -2.73. The van der Waals surface area contributed by atoms with E-state index in [1.54, 1.807) is 16.8 Å². The smallest absolute Gasteiger partial charge is 0.267 e. The van der Waals surface area contributed by atoms with Crippen LogP contribution >= 0.6 is 11.3 Å². The highest BCUT2D eigenvalue weighted by molar-refractivity contribution is 7.17. The van der Waals surface area contributed by atoms with E-state index < -0.39 is 0 Å². The van der Waals surface area contributed by atoms with E-state index in [0.717, 1.165) is 22.5 Å². The van der Waals surface area contributed by atoms with Crippen molar-refractivity contribution in [2.75, 3.05) is 0 Å². The molecule has 126 valence electrons. The third kappa shape index (κ3) is 2.41. The Morgan fingerprint density at radius 1 is 0.960 bits per heavy atom. The third-order valence-corrected chi connectivity index (χ3v) is 5.21. The highest BCUT2D eigenvalue weighted by atomic mass is 32.1. The van der Waals surface area contributed by atoms with Gasteiger partial charge in [-0.15, -0.1) is 11.3 Å². The molecule has 4 nitrogen and oxygen atoms in total. The first kappa shape index (κ1) is 15.8. The molecular formula is C19H16FN3OS. The second kappa shape index (κ2) is 5.67. The minimum atomic E-state index is -0.298. The molecule has 3 aromatic heterocycles. The molecule has 0 saturated heterocycles. The molecule has 0 bridgehead atoms. The van der Waals surface area contributed by atoms with E-state index in [9.17, 15) is 9.18 Å². The standard InChI is InChI=1S/C19H16FN3OS/c1-11-4-5-12(2)22(11)23-13(3)21-18-17(19(23)24)16(10-25-18)14-6-8-15(20)9-7-14/h4-10H,1-3H3. The van der Waals surface area contributed by atoms with Crippen molar-refractivity contribution in [2.24, 2.45) is 0 Å². The lowest BCUT2D eigenvalue weighted by Crippen LogP contribution is -2.30. The van der Waals surface area contributed by atoms with Gasteiger partial charge in [-0.3, -0.25) is 9.47 Å². The van der Waals surface area contributed by atoms with Crippen molar-refractivity contribution in [3.63, 3.8) is 0 Å². The Labute approximate surface area is 147 Å². The van der Waals surface area contributed by atoms with Gasteiger partial charge in [-0.2, -0.15) is 4.68 Å². The van der Waals surface area contributed by atoms with E-state index in [0.29, 0.717) is 16.0 Å². The SMILES string of the molecule is Cc1ccc(C)n1-n1c(C)nc2scc(-c3ccc(F)cc3)c2c1=O. The third-order valence-electron chi connectivity index (χ3n) is 4.34. The summed E-state index contributed by atoms with van der Waals surface area (Å²) in [5.74, 6) is 0.334. The lowest BCUT2D eigenvalue weighted by atomic mass is 10.1. The van der Waals surface area contributed by atoms with Crippen molar-refractivity contribution in [3.05, 3.63) is 75.2 Å². The molecule has 3 heterocycles. The summed E-state index contributed by atoms with van der Waals surface area (Å²) in [5.41, 5.74) is 3.40. The van der Waals surface area contributed by atoms with Gasteiger partial charge in [0.05, 0.1) is 5.39 Å². The monoisotopic (exact) mass is 353 g/mol. The van der Waals surface area contributed by atoms with Crippen LogP contribution in [0.15, 0.2) is 46.6 Å². The molecule has 0 aliphatic carbocycles. The van der Waals surface area contributed by atoms with E-state index in [2.05, 4.69) is 4.98 Å². The lowest BCUT2D eigenvalue weighted by molar-refractivity contribution is 0.574. The van der Waals surface area contributed by atoms with Gasteiger partial charge in [0.15, 0.2) is 0 Å². The van der Waals surface area contributed by atoms with Crippen LogP contribution in [-0.4, -0.2) is 14.3 Å². The summed E-state index contributed by atoms with van der Waals surface area (Å²) in [7, 11) is 0. The summed E-state index contributed by atoms with van der Waals surface area (Å²) in [6.45, 7) is 5.74. The number of rotatable bonds is 2. The number of benzene rings is 1. The molecule has 0 spiro atoms. The van der Waals surface area contributed by atoms with E-state index >= 15 is 0 Å². The molecule has 0 atom stereocenters. The topological polar surface area (TPSA) is 39.8 Å². The van der Waals surface area contributed by atoms with Gasteiger partial charge in [0, 0.05) is 22.3 Å². The summed E-state index contributed by atoms with van der Waals surface area (Å²) in [6.07, 6.45) is 0. The van der Waals surface area contributed by atoms with Crippen LogP contribution in [0.5, 0.6) is 0 Å². The van der Waals surface area contributed by atoms with E-state index in [4.69, 9.17) is 0 Å². The van der Waals surface area contributed by atoms with Crippen LogP contribution in [0.1, 0.15) is 17.2 Å². The zero-order valence-corrected chi connectivity index (χ0v) is 14.9. The fraction of sp³-hybridized carbons (Fsp3) is 0.158. The number of aryl methyl sites for hydroxylation is 3. The van der Waals surface area contributed by atoms with Crippen LogP contribution in [0.3, 0.4) is 0 Å². The second-order valence-electron chi connectivity index (χ2n) is 6.04. The van der Waals surface area contributed by atoms with E-state index in [1.165, 1.54) is 23.5 Å². The molecular weight excluding hydrogens is 337 g/mol. The summed E-state index contributed by atoms with van der Waals surface area (Å²) in [6, 6.07) is 10.1.